The second-order valence-corrected chi connectivity index (χ2v) is 8.42. The summed E-state index contributed by atoms with van der Waals surface area (Å²) in [6.45, 7) is 7.18. The van der Waals surface area contributed by atoms with Crippen molar-refractivity contribution in [3.8, 4) is 0 Å². The average molecular weight is 463 g/mol. The molecule has 2 N–H and O–H groups in total. The number of nitrogens with zero attached hydrogens (tertiary/aromatic N) is 2. The number of piperazine rings is 1. The zero-order chi connectivity index (χ0) is 24.1. The molecular weight excluding hydrogens is 432 g/mol. The Morgan fingerprint density at radius 2 is 1.68 bits per heavy atom. The second kappa shape index (κ2) is 10.5. The molecule has 178 valence electrons. The highest BCUT2D eigenvalue weighted by Crippen LogP contribution is 2.28. The van der Waals surface area contributed by atoms with E-state index in [1.54, 1.807) is 13.8 Å². The molecule has 1 atom stereocenters. The summed E-state index contributed by atoms with van der Waals surface area (Å²) in [5, 5.41) is 5.72. The molecule has 8 nitrogen and oxygen atoms in total. The Morgan fingerprint density at radius 1 is 1.00 bits per heavy atom. The molecule has 2 aromatic carbocycles. The lowest BCUT2D eigenvalue weighted by atomic mass is 9.95. The van der Waals surface area contributed by atoms with E-state index in [0.717, 1.165) is 37.4 Å². The third kappa shape index (κ3) is 5.28. The van der Waals surface area contributed by atoms with Gasteiger partial charge in [0.2, 0.25) is 0 Å². The van der Waals surface area contributed by atoms with E-state index in [9.17, 15) is 14.4 Å². The van der Waals surface area contributed by atoms with Gasteiger partial charge in [-0.3, -0.25) is 9.69 Å². The number of benzene rings is 2. The SMILES string of the molecule is CCOC(=O)C1=C(CN2CCN(c3ccc(C(C)=O)cc3)CC2)NC(=O)N[C@H]1c1ccccc1. The van der Waals surface area contributed by atoms with Gasteiger partial charge in [-0.05, 0) is 43.7 Å². The standard InChI is InChI=1S/C26H30N4O4/c1-3-34-25(32)23-22(27-26(33)28-24(23)20-7-5-4-6-8-20)17-29-13-15-30(16-14-29)21-11-9-19(10-12-21)18(2)31/h4-12,24H,3,13-17H2,1-2H3,(H2,27,28,33)/t24-/m0/s1. The van der Waals surface area contributed by atoms with E-state index in [2.05, 4.69) is 20.4 Å². The van der Waals surface area contributed by atoms with Crippen molar-refractivity contribution >= 4 is 23.5 Å². The first-order chi connectivity index (χ1) is 16.5. The fourth-order valence-corrected chi connectivity index (χ4v) is 4.38. The van der Waals surface area contributed by atoms with E-state index in [1.807, 2.05) is 54.6 Å². The molecule has 0 aromatic heterocycles. The molecule has 8 heteroatoms. The van der Waals surface area contributed by atoms with Gasteiger partial charge in [0.25, 0.3) is 0 Å². The fourth-order valence-electron chi connectivity index (χ4n) is 4.38. The quantitative estimate of drug-likeness (QED) is 0.486. The van der Waals surface area contributed by atoms with Crippen molar-refractivity contribution in [3.05, 3.63) is 77.0 Å². The number of nitrogens with one attached hydrogen (secondary N) is 2. The van der Waals surface area contributed by atoms with Crippen LogP contribution >= 0.6 is 0 Å². The van der Waals surface area contributed by atoms with Crippen molar-refractivity contribution in [3.63, 3.8) is 0 Å². The highest BCUT2D eigenvalue weighted by Gasteiger charge is 2.34. The summed E-state index contributed by atoms with van der Waals surface area (Å²) in [5.41, 5.74) is 3.63. The molecule has 0 saturated carbocycles. The number of amides is 2. The molecule has 34 heavy (non-hydrogen) atoms. The topological polar surface area (TPSA) is 91.0 Å². The number of Topliss-reactive ketones (excluding diaryl/α,β-unsaturated/α-hetero) is 1. The zero-order valence-electron chi connectivity index (χ0n) is 19.5. The highest BCUT2D eigenvalue weighted by atomic mass is 16.5. The van der Waals surface area contributed by atoms with Crippen LogP contribution in [-0.4, -0.2) is 62.0 Å². The van der Waals surface area contributed by atoms with E-state index in [1.165, 1.54) is 0 Å². The number of carbonyl (C=O) groups is 3. The maximum atomic E-state index is 12.9. The Bertz CT molecular complexity index is 1070. The van der Waals surface area contributed by atoms with Gasteiger partial charge < -0.3 is 20.3 Å². The molecule has 2 amide bonds. The molecule has 0 radical (unpaired) electrons. The molecule has 4 rings (SSSR count). The van der Waals surface area contributed by atoms with Gasteiger partial charge in [0.05, 0.1) is 18.2 Å². The normalized spacial score (nSPS) is 18.8. The predicted octanol–water partition coefficient (Wildman–Crippen LogP) is 2.88. The van der Waals surface area contributed by atoms with Crippen LogP contribution in [0.3, 0.4) is 0 Å². The minimum absolute atomic E-state index is 0.0554. The maximum absolute atomic E-state index is 12.9. The first-order valence-corrected chi connectivity index (χ1v) is 11.6. The van der Waals surface area contributed by atoms with Crippen molar-refractivity contribution in [2.75, 3.05) is 44.2 Å². The fraction of sp³-hybridized carbons (Fsp3) is 0.346. The smallest absolute Gasteiger partial charge is 0.338 e. The zero-order valence-corrected chi connectivity index (χ0v) is 19.5. The Hall–Kier alpha value is -3.65. The molecule has 0 spiro atoms. The number of esters is 1. The van der Waals surface area contributed by atoms with Crippen LogP contribution in [-0.2, 0) is 9.53 Å². The minimum Gasteiger partial charge on any atom is -0.463 e. The number of rotatable bonds is 7. The lowest BCUT2D eigenvalue weighted by Crippen LogP contribution is -2.51. The Balaban J connectivity index is 1.50. The number of hydrogen-bond donors (Lipinski definition) is 2. The van der Waals surface area contributed by atoms with Gasteiger partial charge in [0.1, 0.15) is 0 Å². The molecule has 0 bridgehead atoms. The molecule has 1 fully saturated rings. The highest BCUT2D eigenvalue weighted by molar-refractivity contribution is 5.95. The van der Waals surface area contributed by atoms with Crippen molar-refractivity contribution in [2.24, 2.45) is 0 Å². The third-order valence-electron chi connectivity index (χ3n) is 6.17. The molecule has 2 aliphatic rings. The lowest BCUT2D eigenvalue weighted by Gasteiger charge is -2.38. The number of urea groups is 1. The summed E-state index contributed by atoms with van der Waals surface area (Å²) < 4.78 is 5.35. The first kappa shape index (κ1) is 23.5. The monoisotopic (exact) mass is 462 g/mol. The van der Waals surface area contributed by atoms with Crippen LogP contribution < -0.4 is 15.5 Å². The Morgan fingerprint density at radius 3 is 2.29 bits per heavy atom. The van der Waals surface area contributed by atoms with Crippen LogP contribution in [0.5, 0.6) is 0 Å². The van der Waals surface area contributed by atoms with E-state index < -0.39 is 12.0 Å². The number of anilines is 1. The molecule has 0 aliphatic carbocycles. The summed E-state index contributed by atoms with van der Waals surface area (Å²) in [7, 11) is 0. The third-order valence-corrected chi connectivity index (χ3v) is 6.17. The summed E-state index contributed by atoms with van der Waals surface area (Å²) in [6.07, 6.45) is 0. The number of carbonyl (C=O) groups excluding carboxylic acids is 3. The summed E-state index contributed by atoms with van der Waals surface area (Å²) in [5.74, 6) is -0.372. The predicted molar refractivity (Wildman–Crippen MR) is 130 cm³/mol. The van der Waals surface area contributed by atoms with Gasteiger partial charge in [-0.25, -0.2) is 9.59 Å². The van der Waals surface area contributed by atoms with Crippen LogP contribution in [0.25, 0.3) is 0 Å². The van der Waals surface area contributed by atoms with Crippen LogP contribution in [0.2, 0.25) is 0 Å². The Kier molecular flexibility index (Phi) is 7.27. The van der Waals surface area contributed by atoms with Crippen LogP contribution in [0.15, 0.2) is 65.9 Å². The summed E-state index contributed by atoms with van der Waals surface area (Å²) in [4.78, 5) is 41.4. The van der Waals surface area contributed by atoms with Crippen LogP contribution in [0.1, 0.15) is 35.8 Å². The number of ketones is 1. The van der Waals surface area contributed by atoms with Gasteiger partial charge >= 0.3 is 12.0 Å². The van der Waals surface area contributed by atoms with E-state index in [-0.39, 0.29) is 18.4 Å². The van der Waals surface area contributed by atoms with E-state index in [0.29, 0.717) is 23.4 Å². The van der Waals surface area contributed by atoms with Crippen molar-refractivity contribution in [1.29, 1.82) is 0 Å². The van der Waals surface area contributed by atoms with Crippen molar-refractivity contribution < 1.29 is 19.1 Å². The van der Waals surface area contributed by atoms with Gasteiger partial charge in [-0.1, -0.05) is 30.3 Å². The van der Waals surface area contributed by atoms with Gasteiger partial charge in [-0.2, -0.15) is 0 Å². The van der Waals surface area contributed by atoms with E-state index in [4.69, 9.17) is 4.74 Å². The van der Waals surface area contributed by atoms with Gasteiger partial charge in [0.15, 0.2) is 5.78 Å². The number of hydrogen-bond acceptors (Lipinski definition) is 6. The maximum Gasteiger partial charge on any atom is 0.338 e. The molecule has 2 aromatic rings. The van der Waals surface area contributed by atoms with Crippen molar-refractivity contribution in [1.82, 2.24) is 15.5 Å². The van der Waals surface area contributed by atoms with Crippen LogP contribution in [0.4, 0.5) is 10.5 Å². The van der Waals surface area contributed by atoms with Crippen molar-refractivity contribution in [2.45, 2.75) is 19.9 Å². The summed E-state index contributed by atoms with van der Waals surface area (Å²) >= 11 is 0. The van der Waals surface area contributed by atoms with Gasteiger partial charge in [-0.15, -0.1) is 0 Å². The molecule has 0 unspecified atom stereocenters. The van der Waals surface area contributed by atoms with E-state index >= 15 is 0 Å². The summed E-state index contributed by atoms with van der Waals surface area (Å²) in [6, 6.07) is 16.2. The molecular formula is C26H30N4O4. The molecule has 2 heterocycles. The largest absolute Gasteiger partial charge is 0.463 e. The molecule has 1 saturated heterocycles. The second-order valence-electron chi connectivity index (χ2n) is 8.42. The average Bonchev–Trinajstić information content (AvgIpc) is 2.85. The Labute approximate surface area is 199 Å². The molecule has 2 aliphatic heterocycles. The van der Waals surface area contributed by atoms with Crippen LogP contribution in [0, 0.1) is 0 Å². The number of ether oxygens (including phenoxy) is 1. The first-order valence-electron chi connectivity index (χ1n) is 11.6. The lowest BCUT2D eigenvalue weighted by molar-refractivity contribution is -0.139. The minimum atomic E-state index is -0.565. The van der Waals surface area contributed by atoms with Gasteiger partial charge in [0, 0.05) is 49.7 Å².